The Balaban J connectivity index is 0. The van der Waals surface area contributed by atoms with Crippen molar-refractivity contribution in [2.75, 3.05) is 0 Å². The molecule has 0 aliphatic rings. The van der Waals surface area contributed by atoms with E-state index >= 15 is 0 Å². The molecule has 0 aliphatic heterocycles. The highest BCUT2D eigenvalue weighted by atomic mass is 127. The molecule has 53 heavy (non-hydrogen) atoms. The lowest BCUT2D eigenvalue weighted by Crippen LogP contribution is -1.57. The molecular formula is C52H7I. The standard InChI is InChI=1S/C50HI.C2H6/c1-2-3-4-5-6-7-8-9-10-11-12-13-14-15-16-17-18-19-20-21-22-23-24-25-26-27-28-29-30-31-32-33-34-35-36-37-38-39-40-41-42-43-44-45-46-47-48-49-50-51;1-2/h1H;1-2H3. The highest BCUT2D eigenvalue weighted by molar-refractivity contribution is 14.1. The predicted molar refractivity (Wildman–Crippen MR) is 221 cm³/mol. The molecule has 0 aromatic heterocycles. The summed E-state index contributed by atoms with van der Waals surface area (Å²) in [6.07, 6.45) is 4.94. The lowest BCUT2D eigenvalue weighted by molar-refractivity contribution is 1.50. The zero-order valence-electron chi connectivity index (χ0n) is 27.5. The Bertz CT molecular complexity index is 3120. The van der Waals surface area contributed by atoms with E-state index in [4.69, 9.17) is 6.42 Å². The second-order valence-electron chi connectivity index (χ2n) is 6.11. The first-order chi connectivity index (χ1) is 26.4. The van der Waals surface area contributed by atoms with Crippen LogP contribution in [-0.4, -0.2) is 0 Å². The summed E-state index contributed by atoms with van der Waals surface area (Å²) in [6.45, 7) is 4.00. The van der Waals surface area contributed by atoms with Gasteiger partial charge in [-0.05, 0) is 98.7 Å². The molecule has 0 radical (unpaired) electrons. The fourth-order valence-electron chi connectivity index (χ4n) is 1.47. The van der Waals surface area contributed by atoms with Gasteiger partial charge in [0.25, 0.3) is 0 Å². The van der Waals surface area contributed by atoms with E-state index < -0.39 is 0 Å². The van der Waals surface area contributed by atoms with E-state index in [2.05, 4.69) is 288 Å². The normalized spacial score (nSPS) is 3.89. The van der Waals surface area contributed by atoms with E-state index in [0.717, 1.165) is 0 Å². The summed E-state index contributed by atoms with van der Waals surface area (Å²) >= 11 is 1.88. The highest BCUT2D eigenvalue weighted by Crippen LogP contribution is 1.67. The monoisotopic (exact) mass is 758 g/mol. The molecule has 0 spiro atoms. The van der Waals surface area contributed by atoms with Gasteiger partial charge in [-0.1, -0.05) is 13.8 Å². The van der Waals surface area contributed by atoms with Gasteiger partial charge in [0, 0.05) is 212 Å². The minimum Gasteiger partial charge on any atom is -0.106 e. The van der Waals surface area contributed by atoms with E-state index in [-0.39, 0.29) is 0 Å². The van der Waals surface area contributed by atoms with E-state index in [1.54, 1.807) is 0 Å². The Kier molecular flexibility index (Phi) is 39.1. The maximum atomic E-state index is 4.94. The molecule has 0 bridgehead atoms. The first-order valence-corrected chi connectivity index (χ1v) is 14.6. The average molecular weight is 759 g/mol. The number of terminal acetylenes is 1. The van der Waals surface area contributed by atoms with Crippen LogP contribution >= 0.6 is 22.6 Å². The van der Waals surface area contributed by atoms with Crippen LogP contribution in [0, 0.1) is 295 Å². The molecule has 0 aromatic rings. The van der Waals surface area contributed by atoms with Crippen molar-refractivity contribution in [3.63, 3.8) is 0 Å². The van der Waals surface area contributed by atoms with Crippen molar-refractivity contribution in [3.8, 4) is 295 Å². The Labute approximate surface area is 329 Å². The Morgan fingerprint density at radius 3 is 0.377 bits per heavy atom. The van der Waals surface area contributed by atoms with E-state index in [0.29, 0.717) is 0 Å². The van der Waals surface area contributed by atoms with Crippen LogP contribution in [0.1, 0.15) is 13.8 Å². The summed E-state index contributed by atoms with van der Waals surface area (Å²) in [5, 5.41) is 0. The van der Waals surface area contributed by atoms with Crippen LogP contribution in [0.25, 0.3) is 0 Å². The summed E-state index contributed by atoms with van der Waals surface area (Å²) in [4.78, 5) is 0. The van der Waals surface area contributed by atoms with Crippen LogP contribution < -0.4 is 0 Å². The number of rotatable bonds is 0. The van der Waals surface area contributed by atoms with Gasteiger partial charge in [-0.3, -0.25) is 0 Å². The molecule has 0 nitrogen and oxygen atoms in total. The Morgan fingerprint density at radius 1 is 0.189 bits per heavy atom. The molecular weight excluding hydrogens is 751 g/mol. The van der Waals surface area contributed by atoms with Crippen LogP contribution in [-0.2, 0) is 0 Å². The fraction of sp³-hybridized carbons (Fsp3) is 0.0385. The van der Waals surface area contributed by atoms with Gasteiger partial charge in [0.05, 0.1) is 0 Å². The third-order valence-corrected chi connectivity index (χ3v) is 3.26. The molecule has 0 aliphatic carbocycles. The van der Waals surface area contributed by atoms with E-state index in [1.165, 1.54) is 0 Å². The fourth-order valence-corrected chi connectivity index (χ4v) is 1.60. The van der Waals surface area contributed by atoms with Crippen molar-refractivity contribution in [2.24, 2.45) is 0 Å². The van der Waals surface area contributed by atoms with Crippen molar-refractivity contribution in [1.29, 1.82) is 0 Å². The molecule has 0 rings (SSSR count). The van der Waals surface area contributed by atoms with Crippen LogP contribution in [0.15, 0.2) is 0 Å². The largest absolute Gasteiger partial charge is 0.106 e. The van der Waals surface area contributed by atoms with Gasteiger partial charge < -0.3 is 0 Å². The third kappa shape index (κ3) is 46.3. The molecule has 0 fully saturated rings. The molecule has 0 atom stereocenters. The summed E-state index contributed by atoms with van der Waals surface area (Å²) < 4.78 is 2.59. The minimum atomic E-state index is 1.88. The van der Waals surface area contributed by atoms with Crippen LogP contribution in [0.5, 0.6) is 0 Å². The average Bonchev–Trinajstić information content (AvgIpc) is 3.18. The summed E-state index contributed by atoms with van der Waals surface area (Å²) in [6, 6.07) is 0. The molecule has 0 amide bonds. The molecule has 0 heterocycles. The van der Waals surface area contributed by atoms with Gasteiger partial charge in [-0.25, -0.2) is 0 Å². The van der Waals surface area contributed by atoms with Gasteiger partial charge in [0.15, 0.2) is 0 Å². The van der Waals surface area contributed by atoms with Crippen molar-refractivity contribution in [3.05, 3.63) is 0 Å². The first kappa shape index (κ1) is 44.9. The molecule has 0 saturated heterocycles. The quantitative estimate of drug-likeness (QED) is 0.263. The molecule has 0 saturated carbocycles. The van der Waals surface area contributed by atoms with E-state index in [1.807, 2.05) is 36.4 Å². The predicted octanol–water partition coefficient (Wildman–Crippen LogP) is 2.12. The van der Waals surface area contributed by atoms with Crippen molar-refractivity contribution in [1.82, 2.24) is 0 Å². The minimum absolute atomic E-state index is 1.88. The molecule has 1 heteroatoms. The zero-order chi connectivity index (χ0) is 38.6. The number of hydrogen-bond acceptors (Lipinski definition) is 0. The van der Waals surface area contributed by atoms with Crippen LogP contribution in [0.2, 0.25) is 0 Å². The van der Waals surface area contributed by atoms with Gasteiger partial charge in [0.1, 0.15) is 0 Å². The SMILES string of the molecule is C#CC#CC#CC#CC#CC#CC#CC#CC#CC#CC#CC#CC#CC#CC#CC#CC#CC#CC#CC#CC#CC#CC#CC#CC#CI.CC. The molecule has 0 unspecified atom stereocenters. The van der Waals surface area contributed by atoms with Gasteiger partial charge in [-0.2, -0.15) is 0 Å². The second kappa shape index (κ2) is 46.2. The van der Waals surface area contributed by atoms with Gasteiger partial charge in [0.2, 0.25) is 0 Å². The Hall–Kier alpha value is -10.3. The summed E-state index contributed by atoms with van der Waals surface area (Å²) in [7, 11) is 0. The van der Waals surface area contributed by atoms with Gasteiger partial charge in [-0.15, -0.1) is 6.42 Å². The maximum absolute atomic E-state index is 4.94. The second-order valence-corrected chi connectivity index (χ2v) is 6.65. The van der Waals surface area contributed by atoms with Crippen LogP contribution in [0.4, 0.5) is 0 Å². The zero-order valence-corrected chi connectivity index (χ0v) is 29.6. The van der Waals surface area contributed by atoms with E-state index in [9.17, 15) is 0 Å². The first-order valence-electron chi connectivity index (χ1n) is 13.5. The molecule has 0 N–H and O–H groups in total. The molecule has 222 valence electrons. The number of hydrogen-bond donors (Lipinski definition) is 0. The number of halogens is 1. The lowest BCUT2D eigenvalue weighted by Gasteiger charge is -1.57. The van der Waals surface area contributed by atoms with Crippen LogP contribution in [0.3, 0.4) is 0 Å². The van der Waals surface area contributed by atoms with Crippen molar-refractivity contribution in [2.45, 2.75) is 13.8 Å². The smallest absolute Gasteiger partial charge is 0.0192 e. The third-order valence-electron chi connectivity index (χ3n) is 2.99. The summed E-state index contributed by atoms with van der Waals surface area (Å²) in [5.74, 6) is 119. The molecule has 0 aromatic carbocycles. The Morgan fingerprint density at radius 2 is 0.283 bits per heavy atom. The topological polar surface area (TPSA) is 0 Å². The maximum Gasteiger partial charge on any atom is 0.0192 e. The van der Waals surface area contributed by atoms with Crippen molar-refractivity contribution >= 4 is 22.6 Å². The van der Waals surface area contributed by atoms with Gasteiger partial charge >= 0.3 is 0 Å². The lowest BCUT2D eigenvalue weighted by atomic mass is 10.4. The van der Waals surface area contributed by atoms with Crippen molar-refractivity contribution < 1.29 is 0 Å². The highest BCUT2D eigenvalue weighted by Gasteiger charge is 1.62. The summed E-state index contributed by atoms with van der Waals surface area (Å²) in [5.41, 5.74) is 0.